The van der Waals surface area contributed by atoms with Crippen LogP contribution in [0.3, 0.4) is 0 Å². The lowest BCUT2D eigenvalue weighted by molar-refractivity contribution is -0.133. The van der Waals surface area contributed by atoms with E-state index in [0.717, 1.165) is 12.0 Å². The van der Waals surface area contributed by atoms with Crippen LogP contribution in [-0.2, 0) is 16.0 Å². The Morgan fingerprint density at radius 1 is 0.905 bits per heavy atom. The van der Waals surface area contributed by atoms with E-state index in [4.69, 9.17) is 0 Å². The molecule has 0 heterocycles. The number of rotatable bonds is 3. The molecule has 0 saturated heterocycles. The minimum Gasteiger partial charge on any atom is -0.318 e. The Labute approximate surface area is 124 Å². The molecule has 2 N–H and O–H groups in total. The van der Waals surface area contributed by atoms with Crippen LogP contribution in [-0.4, -0.2) is 11.8 Å². The molecule has 21 heavy (non-hydrogen) atoms. The largest absolute Gasteiger partial charge is 0.318 e. The monoisotopic (exact) mass is 282 g/mol. The van der Waals surface area contributed by atoms with E-state index < -0.39 is 11.8 Å². The van der Waals surface area contributed by atoms with E-state index >= 15 is 0 Å². The number of aryl methyl sites for hydroxylation is 2. The summed E-state index contributed by atoms with van der Waals surface area (Å²) in [5, 5.41) is 5.18. The number of hydrogen-bond acceptors (Lipinski definition) is 2. The Kier molecular flexibility index (Phi) is 4.72. The SMILES string of the molecule is CCc1ccc(NC(=O)C(=O)Nc2ccccc2C)cc1. The molecule has 0 aliphatic carbocycles. The summed E-state index contributed by atoms with van der Waals surface area (Å²) in [4.78, 5) is 23.7. The molecule has 0 bridgehead atoms. The molecule has 0 spiro atoms. The van der Waals surface area contributed by atoms with E-state index in [1.807, 2.05) is 37.3 Å². The van der Waals surface area contributed by atoms with E-state index in [2.05, 4.69) is 17.6 Å². The van der Waals surface area contributed by atoms with E-state index in [1.54, 1.807) is 18.2 Å². The number of para-hydroxylation sites is 1. The first-order valence-corrected chi connectivity index (χ1v) is 6.87. The van der Waals surface area contributed by atoms with Crippen LogP contribution in [0.4, 0.5) is 11.4 Å². The van der Waals surface area contributed by atoms with E-state index in [-0.39, 0.29) is 0 Å². The van der Waals surface area contributed by atoms with Gasteiger partial charge in [0.15, 0.2) is 0 Å². The van der Waals surface area contributed by atoms with Gasteiger partial charge in [0.1, 0.15) is 0 Å². The van der Waals surface area contributed by atoms with Crippen LogP contribution in [0.5, 0.6) is 0 Å². The van der Waals surface area contributed by atoms with Crippen LogP contribution in [0.25, 0.3) is 0 Å². The fourth-order valence-electron chi connectivity index (χ4n) is 1.90. The molecule has 2 rings (SSSR count). The van der Waals surface area contributed by atoms with Crippen molar-refractivity contribution >= 4 is 23.2 Å². The molecule has 2 aromatic rings. The van der Waals surface area contributed by atoms with Crippen LogP contribution in [0, 0.1) is 6.92 Å². The van der Waals surface area contributed by atoms with Crippen LogP contribution in [0.2, 0.25) is 0 Å². The molecule has 4 heteroatoms. The molecule has 0 aliphatic heterocycles. The molecular weight excluding hydrogens is 264 g/mol. The number of nitrogens with one attached hydrogen (secondary N) is 2. The van der Waals surface area contributed by atoms with Gasteiger partial charge in [-0.05, 0) is 42.7 Å². The maximum Gasteiger partial charge on any atom is 0.314 e. The highest BCUT2D eigenvalue weighted by Gasteiger charge is 2.14. The molecular formula is C17H18N2O2. The summed E-state index contributed by atoms with van der Waals surface area (Å²) in [5.41, 5.74) is 3.33. The average Bonchev–Trinajstić information content (AvgIpc) is 2.50. The zero-order valence-electron chi connectivity index (χ0n) is 12.1. The Hall–Kier alpha value is -2.62. The molecule has 108 valence electrons. The van der Waals surface area contributed by atoms with Crippen molar-refractivity contribution in [2.24, 2.45) is 0 Å². The highest BCUT2D eigenvalue weighted by atomic mass is 16.2. The molecule has 4 nitrogen and oxygen atoms in total. The zero-order chi connectivity index (χ0) is 15.2. The van der Waals surface area contributed by atoms with Crippen molar-refractivity contribution in [3.8, 4) is 0 Å². The maximum absolute atomic E-state index is 11.9. The normalized spacial score (nSPS) is 10.0. The first-order valence-electron chi connectivity index (χ1n) is 6.87. The number of anilines is 2. The Morgan fingerprint density at radius 2 is 1.52 bits per heavy atom. The number of carbonyl (C=O) groups is 2. The number of carbonyl (C=O) groups excluding carboxylic acids is 2. The van der Waals surface area contributed by atoms with Gasteiger partial charge < -0.3 is 10.6 Å². The molecule has 0 fully saturated rings. The maximum atomic E-state index is 11.9. The lowest BCUT2D eigenvalue weighted by Gasteiger charge is -2.08. The fraction of sp³-hybridized carbons (Fsp3) is 0.176. The Bertz CT molecular complexity index is 648. The first kappa shape index (κ1) is 14.8. The minimum absolute atomic E-state index is 0.608. The van der Waals surface area contributed by atoms with E-state index in [1.165, 1.54) is 5.56 Å². The number of hydrogen-bond donors (Lipinski definition) is 2. The van der Waals surface area contributed by atoms with Gasteiger partial charge in [0.2, 0.25) is 0 Å². The summed E-state index contributed by atoms with van der Waals surface area (Å²) < 4.78 is 0. The van der Waals surface area contributed by atoms with Crippen LogP contribution in [0.1, 0.15) is 18.1 Å². The number of amides is 2. The van der Waals surface area contributed by atoms with Crippen molar-refractivity contribution in [1.29, 1.82) is 0 Å². The summed E-state index contributed by atoms with van der Waals surface area (Å²) >= 11 is 0. The summed E-state index contributed by atoms with van der Waals surface area (Å²) in [6, 6.07) is 14.7. The van der Waals surface area contributed by atoms with Gasteiger partial charge in [-0.15, -0.1) is 0 Å². The van der Waals surface area contributed by atoms with Gasteiger partial charge in [0.25, 0.3) is 0 Å². The summed E-state index contributed by atoms with van der Waals surface area (Å²) in [6.45, 7) is 3.93. The smallest absolute Gasteiger partial charge is 0.314 e. The summed E-state index contributed by atoms with van der Waals surface area (Å²) in [5.74, 6) is -1.36. The molecule has 0 aliphatic rings. The van der Waals surface area contributed by atoms with Crippen molar-refractivity contribution in [2.75, 3.05) is 10.6 Å². The predicted octanol–water partition coefficient (Wildman–Crippen LogP) is 3.13. The van der Waals surface area contributed by atoms with Gasteiger partial charge in [0.05, 0.1) is 0 Å². The van der Waals surface area contributed by atoms with E-state index in [0.29, 0.717) is 11.4 Å². The van der Waals surface area contributed by atoms with Crippen molar-refractivity contribution in [2.45, 2.75) is 20.3 Å². The van der Waals surface area contributed by atoms with Crippen molar-refractivity contribution < 1.29 is 9.59 Å². The Balaban J connectivity index is 1.99. The first-order chi connectivity index (χ1) is 10.1. The third-order valence-electron chi connectivity index (χ3n) is 3.22. The standard InChI is InChI=1S/C17H18N2O2/c1-3-13-8-10-14(11-9-13)18-16(20)17(21)19-15-7-5-4-6-12(15)2/h4-11H,3H2,1-2H3,(H,18,20)(H,19,21). The van der Waals surface area contributed by atoms with Gasteiger partial charge in [-0.25, -0.2) is 0 Å². The molecule has 0 unspecified atom stereocenters. The van der Waals surface area contributed by atoms with Crippen LogP contribution in [0.15, 0.2) is 48.5 Å². The van der Waals surface area contributed by atoms with Gasteiger partial charge in [-0.1, -0.05) is 37.3 Å². The second-order valence-electron chi connectivity index (χ2n) is 4.77. The second-order valence-corrected chi connectivity index (χ2v) is 4.77. The second kappa shape index (κ2) is 6.70. The van der Waals surface area contributed by atoms with Gasteiger partial charge in [0, 0.05) is 11.4 Å². The zero-order valence-corrected chi connectivity index (χ0v) is 12.1. The van der Waals surface area contributed by atoms with Gasteiger partial charge in [-0.2, -0.15) is 0 Å². The highest BCUT2D eigenvalue weighted by Crippen LogP contribution is 2.14. The average molecular weight is 282 g/mol. The predicted molar refractivity (Wildman–Crippen MR) is 84.3 cm³/mol. The van der Waals surface area contributed by atoms with Gasteiger partial charge >= 0.3 is 11.8 Å². The highest BCUT2D eigenvalue weighted by molar-refractivity contribution is 6.43. The van der Waals surface area contributed by atoms with Crippen LogP contribution < -0.4 is 10.6 Å². The molecule has 0 aromatic heterocycles. The van der Waals surface area contributed by atoms with E-state index in [9.17, 15) is 9.59 Å². The third-order valence-corrected chi connectivity index (χ3v) is 3.22. The molecule has 0 radical (unpaired) electrons. The fourth-order valence-corrected chi connectivity index (χ4v) is 1.90. The molecule has 0 saturated carbocycles. The molecule has 2 aromatic carbocycles. The molecule has 2 amide bonds. The van der Waals surface area contributed by atoms with Crippen molar-refractivity contribution in [3.05, 3.63) is 59.7 Å². The minimum atomic E-state index is -0.678. The van der Waals surface area contributed by atoms with Crippen molar-refractivity contribution in [1.82, 2.24) is 0 Å². The molecule has 0 atom stereocenters. The number of benzene rings is 2. The quantitative estimate of drug-likeness (QED) is 0.850. The summed E-state index contributed by atoms with van der Waals surface area (Å²) in [6.07, 6.45) is 0.933. The van der Waals surface area contributed by atoms with Crippen molar-refractivity contribution in [3.63, 3.8) is 0 Å². The lowest BCUT2D eigenvalue weighted by atomic mass is 10.1. The third kappa shape index (κ3) is 3.92. The topological polar surface area (TPSA) is 58.2 Å². The van der Waals surface area contributed by atoms with Gasteiger partial charge in [-0.3, -0.25) is 9.59 Å². The lowest BCUT2D eigenvalue weighted by Crippen LogP contribution is -2.29. The van der Waals surface area contributed by atoms with Crippen LogP contribution >= 0.6 is 0 Å². The summed E-state index contributed by atoms with van der Waals surface area (Å²) in [7, 11) is 0. The Morgan fingerprint density at radius 3 is 2.14 bits per heavy atom.